The fourth-order valence-corrected chi connectivity index (χ4v) is 0.958. The number of aromatic hydroxyl groups is 1. The maximum atomic E-state index is 10.4. The number of rotatable bonds is 1. The molecule has 1 rings (SSSR count). The Labute approximate surface area is 85.7 Å². The van der Waals surface area contributed by atoms with Crippen molar-refractivity contribution in [3.8, 4) is 23.7 Å². The molecule has 5 heteroatoms. The third kappa shape index (κ3) is 2.45. The van der Waals surface area contributed by atoms with Gasteiger partial charge in [0.2, 0.25) is 5.75 Å². The molecular formula is C10H6N2O3. The molecule has 5 nitrogen and oxygen atoms in total. The molecule has 0 atom stereocenters. The van der Waals surface area contributed by atoms with E-state index in [4.69, 9.17) is 5.26 Å². The molecule has 0 aliphatic carbocycles. The first-order chi connectivity index (χ1) is 7.16. The molecule has 0 aliphatic rings. The molecule has 0 unspecified atom stereocenters. The second-order valence-electron chi connectivity index (χ2n) is 2.57. The van der Waals surface area contributed by atoms with Crippen LogP contribution in [0.15, 0.2) is 18.2 Å². The molecule has 1 aromatic carbocycles. The number of nitriles is 1. The average molecular weight is 202 g/mol. The van der Waals surface area contributed by atoms with E-state index in [9.17, 15) is 15.2 Å². The molecule has 0 aromatic heterocycles. The Morgan fingerprint density at radius 1 is 1.53 bits per heavy atom. The summed E-state index contributed by atoms with van der Waals surface area (Å²) in [7, 11) is 0. The fraction of sp³-hybridized carbons (Fsp3) is 0.100. The normalized spacial score (nSPS) is 8.47. The van der Waals surface area contributed by atoms with Gasteiger partial charge in [-0.25, -0.2) is 0 Å². The topological polar surface area (TPSA) is 87.2 Å². The van der Waals surface area contributed by atoms with Crippen LogP contribution in [0.2, 0.25) is 0 Å². The lowest BCUT2D eigenvalue weighted by molar-refractivity contribution is -0.385. The second kappa shape index (κ2) is 4.64. The van der Waals surface area contributed by atoms with Crippen LogP contribution in [0.25, 0.3) is 0 Å². The van der Waals surface area contributed by atoms with Crippen molar-refractivity contribution in [2.45, 2.75) is 6.42 Å². The Morgan fingerprint density at radius 3 is 2.87 bits per heavy atom. The van der Waals surface area contributed by atoms with Crippen LogP contribution in [0.1, 0.15) is 12.0 Å². The van der Waals surface area contributed by atoms with Gasteiger partial charge < -0.3 is 5.11 Å². The highest BCUT2D eigenvalue weighted by atomic mass is 16.6. The zero-order valence-corrected chi connectivity index (χ0v) is 7.60. The highest BCUT2D eigenvalue weighted by Gasteiger charge is 2.14. The van der Waals surface area contributed by atoms with E-state index in [1.165, 1.54) is 18.2 Å². The predicted octanol–water partition coefficient (Wildman–Crippen LogP) is 1.57. The van der Waals surface area contributed by atoms with Gasteiger partial charge in [0, 0.05) is 6.07 Å². The largest absolute Gasteiger partial charge is 0.501 e. The summed E-state index contributed by atoms with van der Waals surface area (Å²) < 4.78 is 0. The highest BCUT2D eigenvalue weighted by Crippen LogP contribution is 2.28. The van der Waals surface area contributed by atoms with Crippen molar-refractivity contribution in [1.82, 2.24) is 0 Å². The molecule has 15 heavy (non-hydrogen) atoms. The van der Waals surface area contributed by atoms with E-state index in [0.29, 0.717) is 0 Å². The van der Waals surface area contributed by atoms with Crippen LogP contribution in [0.5, 0.6) is 5.75 Å². The van der Waals surface area contributed by atoms with Crippen molar-refractivity contribution in [3.63, 3.8) is 0 Å². The number of hydrogen-bond acceptors (Lipinski definition) is 4. The van der Waals surface area contributed by atoms with Gasteiger partial charge in [0.1, 0.15) is 0 Å². The van der Waals surface area contributed by atoms with E-state index >= 15 is 0 Å². The minimum atomic E-state index is -0.690. The number of para-hydroxylation sites is 1. The molecule has 0 aliphatic heterocycles. The van der Waals surface area contributed by atoms with Crippen molar-refractivity contribution < 1.29 is 10.0 Å². The van der Waals surface area contributed by atoms with E-state index in [-0.39, 0.29) is 12.0 Å². The molecule has 0 spiro atoms. The lowest BCUT2D eigenvalue weighted by Crippen LogP contribution is -1.89. The van der Waals surface area contributed by atoms with Crippen molar-refractivity contribution in [3.05, 3.63) is 33.9 Å². The Morgan fingerprint density at radius 2 is 2.27 bits per heavy atom. The van der Waals surface area contributed by atoms with Crippen LogP contribution in [-0.4, -0.2) is 10.0 Å². The van der Waals surface area contributed by atoms with E-state index in [2.05, 4.69) is 11.8 Å². The maximum absolute atomic E-state index is 10.4. The Balaban J connectivity index is 3.13. The van der Waals surface area contributed by atoms with Crippen LogP contribution in [0, 0.1) is 33.3 Å². The van der Waals surface area contributed by atoms with E-state index in [0.717, 1.165) is 0 Å². The van der Waals surface area contributed by atoms with E-state index in [1.54, 1.807) is 6.07 Å². The van der Waals surface area contributed by atoms with Crippen LogP contribution in [0.4, 0.5) is 5.69 Å². The summed E-state index contributed by atoms with van der Waals surface area (Å²) in [4.78, 5) is 9.76. The minimum Gasteiger partial charge on any atom is -0.501 e. The molecule has 0 bridgehead atoms. The van der Waals surface area contributed by atoms with Crippen molar-refractivity contribution in [2.75, 3.05) is 0 Å². The molecule has 0 saturated heterocycles. The smallest absolute Gasteiger partial charge is 0.312 e. The van der Waals surface area contributed by atoms with E-state index < -0.39 is 16.4 Å². The van der Waals surface area contributed by atoms with Crippen molar-refractivity contribution in [2.24, 2.45) is 0 Å². The number of phenolic OH excluding ortho intramolecular Hbond substituents is 1. The molecule has 0 heterocycles. The standard InChI is InChI=1S/C10H6N2O3/c11-7-2-1-4-8-5-3-6-9(10(8)13)12(14)15/h3,5-6,13H,2H2. The third-order valence-corrected chi connectivity index (χ3v) is 1.60. The van der Waals surface area contributed by atoms with Gasteiger partial charge in [-0.1, -0.05) is 17.9 Å². The number of nitro groups is 1. The van der Waals surface area contributed by atoms with Crippen molar-refractivity contribution in [1.29, 1.82) is 5.26 Å². The maximum Gasteiger partial charge on any atom is 0.312 e. The fourth-order valence-electron chi connectivity index (χ4n) is 0.958. The summed E-state index contributed by atoms with van der Waals surface area (Å²) in [5.74, 6) is 4.48. The van der Waals surface area contributed by atoms with Crippen LogP contribution < -0.4 is 0 Å². The summed E-state index contributed by atoms with van der Waals surface area (Å²) in [6.07, 6.45) is 0.0160. The van der Waals surface area contributed by atoms with Crippen molar-refractivity contribution >= 4 is 5.69 Å². The van der Waals surface area contributed by atoms with Crippen LogP contribution >= 0.6 is 0 Å². The van der Waals surface area contributed by atoms with E-state index in [1.807, 2.05) is 0 Å². The second-order valence-corrected chi connectivity index (χ2v) is 2.57. The first kappa shape index (κ1) is 10.6. The summed E-state index contributed by atoms with van der Waals surface area (Å²) in [5.41, 5.74) is -0.238. The average Bonchev–Trinajstić information content (AvgIpc) is 2.20. The predicted molar refractivity (Wildman–Crippen MR) is 51.9 cm³/mol. The summed E-state index contributed by atoms with van der Waals surface area (Å²) in [6.45, 7) is 0. The molecule has 1 aromatic rings. The molecule has 1 N–H and O–H groups in total. The molecule has 0 radical (unpaired) electrons. The molecule has 0 fully saturated rings. The SMILES string of the molecule is N#CCC#Cc1cccc([N+](=O)[O-])c1O. The van der Waals surface area contributed by atoms with Crippen LogP contribution in [-0.2, 0) is 0 Å². The van der Waals surface area contributed by atoms with Gasteiger partial charge in [-0.05, 0) is 6.07 Å². The van der Waals surface area contributed by atoms with Crippen LogP contribution in [0.3, 0.4) is 0 Å². The quantitative estimate of drug-likeness (QED) is 0.425. The molecule has 0 saturated carbocycles. The lowest BCUT2D eigenvalue weighted by Gasteiger charge is -1.97. The molecule has 74 valence electrons. The minimum absolute atomic E-state index is 0.0160. The lowest BCUT2D eigenvalue weighted by atomic mass is 10.2. The van der Waals surface area contributed by atoms with Gasteiger partial charge in [0.15, 0.2) is 0 Å². The van der Waals surface area contributed by atoms with Gasteiger partial charge in [0.25, 0.3) is 0 Å². The molecular weight excluding hydrogens is 196 g/mol. The van der Waals surface area contributed by atoms with Gasteiger partial charge in [-0.15, -0.1) is 0 Å². The third-order valence-electron chi connectivity index (χ3n) is 1.60. The van der Waals surface area contributed by atoms with Gasteiger partial charge in [-0.2, -0.15) is 5.26 Å². The van der Waals surface area contributed by atoms with Gasteiger partial charge in [0.05, 0.1) is 23.0 Å². The van der Waals surface area contributed by atoms with Gasteiger partial charge >= 0.3 is 5.69 Å². The Kier molecular flexibility index (Phi) is 3.26. The Bertz CT molecular complexity index is 492. The number of hydrogen-bond donors (Lipinski definition) is 1. The molecule has 0 amide bonds. The number of nitro benzene ring substituents is 1. The highest BCUT2D eigenvalue weighted by molar-refractivity contribution is 5.57. The van der Waals surface area contributed by atoms with Gasteiger partial charge in [-0.3, -0.25) is 10.1 Å². The Hall–Kier alpha value is -2.53. The zero-order valence-electron chi connectivity index (χ0n) is 7.60. The summed E-state index contributed by atoms with van der Waals surface area (Å²) in [5, 5.41) is 28.1. The summed E-state index contributed by atoms with van der Waals surface area (Å²) in [6, 6.07) is 5.87. The number of nitrogens with zero attached hydrogens (tertiary/aromatic N) is 2. The monoisotopic (exact) mass is 202 g/mol. The summed E-state index contributed by atoms with van der Waals surface area (Å²) >= 11 is 0. The zero-order chi connectivity index (χ0) is 11.3. The first-order valence-corrected chi connectivity index (χ1v) is 3.99. The number of benzene rings is 1. The first-order valence-electron chi connectivity index (χ1n) is 3.99. The number of phenols is 1.